The Morgan fingerprint density at radius 2 is 2.00 bits per heavy atom. The van der Waals surface area contributed by atoms with Gasteiger partial charge in [0, 0.05) is 18.8 Å². The van der Waals surface area contributed by atoms with Gasteiger partial charge < -0.3 is 20.1 Å². The van der Waals surface area contributed by atoms with Crippen LogP contribution in [0.3, 0.4) is 0 Å². The number of hydrogen-bond donors (Lipinski definition) is 2. The van der Waals surface area contributed by atoms with Crippen molar-refractivity contribution in [3.63, 3.8) is 0 Å². The summed E-state index contributed by atoms with van der Waals surface area (Å²) in [6, 6.07) is 7.30. The minimum atomic E-state index is -0.232. The fourth-order valence-electron chi connectivity index (χ4n) is 2.66. The Labute approximate surface area is 153 Å². The number of nitrogens with one attached hydrogen (secondary N) is 2. The van der Waals surface area contributed by atoms with E-state index in [-0.39, 0.29) is 12.7 Å². The molecule has 0 bridgehead atoms. The van der Waals surface area contributed by atoms with Crippen molar-refractivity contribution >= 4 is 11.9 Å². The second-order valence-electron chi connectivity index (χ2n) is 6.22. The fraction of sp³-hybridized carbons (Fsp3) is 0.421. The van der Waals surface area contributed by atoms with Crippen molar-refractivity contribution in [3.8, 4) is 11.5 Å². The number of ether oxygens (including phenoxy) is 2. The molecular formula is C19H24N4O3. The molecule has 0 spiro atoms. The molecule has 3 rings (SSSR count). The predicted octanol–water partition coefficient (Wildman–Crippen LogP) is 3.05. The maximum absolute atomic E-state index is 12.4. The third kappa shape index (κ3) is 4.62. The second kappa shape index (κ2) is 8.51. The molecule has 0 atom stereocenters. The summed E-state index contributed by atoms with van der Waals surface area (Å²) < 4.78 is 10.6. The first-order valence-corrected chi connectivity index (χ1v) is 8.92. The number of fused-ring (bicyclic) bond motifs is 1. The largest absolute Gasteiger partial charge is 0.454 e. The summed E-state index contributed by atoms with van der Waals surface area (Å²) in [5.74, 6) is 1.69. The Kier molecular flexibility index (Phi) is 5.88. The number of aromatic nitrogens is 2. The molecular weight excluding hydrogens is 332 g/mol. The first-order valence-electron chi connectivity index (χ1n) is 8.92. The molecule has 1 aliphatic heterocycles. The van der Waals surface area contributed by atoms with E-state index in [1.54, 1.807) is 6.07 Å². The number of carbonyl (C=O) groups excluding carboxylic acids is 1. The van der Waals surface area contributed by atoms with E-state index in [1.807, 2.05) is 25.1 Å². The molecule has 0 fully saturated rings. The lowest BCUT2D eigenvalue weighted by Gasteiger charge is -2.09. The van der Waals surface area contributed by atoms with Crippen LogP contribution in [0.1, 0.15) is 47.9 Å². The molecule has 7 heteroatoms. The Morgan fingerprint density at radius 1 is 1.15 bits per heavy atom. The van der Waals surface area contributed by atoms with Crippen LogP contribution < -0.4 is 20.1 Å². The van der Waals surface area contributed by atoms with Gasteiger partial charge in [0.15, 0.2) is 11.5 Å². The average Bonchev–Trinajstić information content (AvgIpc) is 3.10. The summed E-state index contributed by atoms with van der Waals surface area (Å²) in [6.45, 7) is 5.44. The van der Waals surface area contributed by atoms with Gasteiger partial charge in [0.1, 0.15) is 5.69 Å². The summed E-state index contributed by atoms with van der Waals surface area (Å²) >= 11 is 0. The van der Waals surface area contributed by atoms with Gasteiger partial charge in [0.2, 0.25) is 12.7 Å². The molecule has 138 valence electrons. The summed E-state index contributed by atoms with van der Waals surface area (Å²) in [6.07, 6.45) is 3.37. The van der Waals surface area contributed by atoms with Gasteiger partial charge in [-0.15, -0.1) is 0 Å². The molecule has 1 aromatic heterocycles. The molecule has 0 unspecified atom stereocenters. The maximum Gasteiger partial charge on any atom is 0.270 e. The van der Waals surface area contributed by atoms with Crippen molar-refractivity contribution in [2.45, 2.75) is 39.7 Å². The quantitative estimate of drug-likeness (QED) is 0.707. The van der Waals surface area contributed by atoms with E-state index >= 15 is 0 Å². The van der Waals surface area contributed by atoms with E-state index < -0.39 is 0 Å². The molecule has 2 heterocycles. The Balaban J connectivity index is 1.59. The van der Waals surface area contributed by atoms with Gasteiger partial charge >= 0.3 is 0 Å². The van der Waals surface area contributed by atoms with Gasteiger partial charge in [-0.3, -0.25) is 4.79 Å². The lowest BCUT2D eigenvalue weighted by Crippen LogP contribution is -2.24. The van der Waals surface area contributed by atoms with E-state index in [1.165, 1.54) is 0 Å². The highest BCUT2D eigenvalue weighted by atomic mass is 16.7. The fourth-order valence-corrected chi connectivity index (χ4v) is 2.66. The molecule has 0 aliphatic carbocycles. The number of carbonyl (C=O) groups is 1. The minimum Gasteiger partial charge on any atom is -0.454 e. The molecule has 2 aromatic rings. The summed E-state index contributed by atoms with van der Waals surface area (Å²) in [7, 11) is 0. The number of amides is 1. The van der Waals surface area contributed by atoms with Gasteiger partial charge in [-0.25, -0.2) is 9.97 Å². The van der Waals surface area contributed by atoms with Crippen molar-refractivity contribution in [1.82, 2.24) is 15.3 Å². The number of aryl methyl sites for hydroxylation is 1. The minimum absolute atomic E-state index is 0.232. The van der Waals surface area contributed by atoms with E-state index in [0.29, 0.717) is 23.9 Å². The standard InChI is InChI=1S/C19H24N4O3/c1-3-4-5-8-20-19-22-13(2)9-15(23-19)18(24)21-11-14-6-7-16-17(10-14)26-12-25-16/h6-7,9-10H,3-5,8,11-12H2,1-2H3,(H,21,24)(H,20,22,23). The summed E-state index contributed by atoms with van der Waals surface area (Å²) in [5, 5.41) is 6.07. The van der Waals surface area contributed by atoms with Crippen LogP contribution in [-0.2, 0) is 6.54 Å². The van der Waals surface area contributed by atoms with Crippen LogP contribution in [0.5, 0.6) is 11.5 Å². The van der Waals surface area contributed by atoms with Crippen LogP contribution in [0.2, 0.25) is 0 Å². The van der Waals surface area contributed by atoms with Crippen molar-refractivity contribution < 1.29 is 14.3 Å². The Morgan fingerprint density at radius 3 is 2.85 bits per heavy atom. The lowest BCUT2D eigenvalue weighted by molar-refractivity contribution is 0.0945. The molecule has 1 aliphatic rings. The van der Waals surface area contributed by atoms with Crippen molar-refractivity contribution in [2.24, 2.45) is 0 Å². The highest BCUT2D eigenvalue weighted by molar-refractivity contribution is 5.92. The third-order valence-electron chi connectivity index (χ3n) is 4.04. The van der Waals surface area contributed by atoms with Gasteiger partial charge in [-0.1, -0.05) is 25.8 Å². The predicted molar refractivity (Wildman–Crippen MR) is 98.5 cm³/mol. The smallest absolute Gasteiger partial charge is 0.270 e. The molecule has 7 nitrogen and oxygen atoms in total. The zero-order valence-electron chi connectivity index (χ0n) is 15.2. The van der Waals surface area contributed by atoms with E-state index in [4.69, 9.17) is 9.47 Å². The molecule has 2 N–H and O–H groups in total. The van der Waals surface area contributed by atoms with Crippen LogP contribution >= 0.6 is 0 Å². The SMILES string of the molecule is CCCCCNc1nc(C)cc(C(=O)NCc2ccc3c(c2)OCO3)n1. The zero-order chi connectivity index (χ0) is 18.4. The Bertz CT molecular complexity index is 779. The Hall–Kier alpha value is -2.83. The van der Waals surface area contributed by atoms with Crippen LogP contribution in [0.25, 0.3) is 0 Å². The highest BCUT2D eigenvalue weighted by Gasteiger charge is 2.14. The van der Waals surface area contributed by atoms with Gasteiger partial charge in [-0.05, 0) is 37.1 Å². The first kappa shape index (κ1) is 18.0. The highest BCUT2D eigenvalue weighted by Crippen LogP contribution is 2.32. The number of anilines is 1. The monoisotopic (exact) mass is 356 g/mol. The van der Waals surface area contributed by atoms with Gasteiger partial charge in [0.25, 0.3) is 5.91 Å². The van der Waals surface area contributed by atoms with Crippen LogP contribution in [0, 0.1) is 6.92 Å². The number of nitrogens with zero attached hydrogens (tertiary/aromatic N) is 2. The average molecular weight is 356 g/mol. The third-order valence-corrected chi connectivity index (χ3v) is 4.04. The molecule has 0 saturated carbocycles. The second-order valence-corrected chi connectivity index (χ2v) is 6.22. The first-order chi connectivity index (χ1) is 12.7. The molecule has 0 saturated heterocycles. The van der Waals surface area contributed by atoms with E-state index in [2.05, 4.69) is 27.5 Å². The zero-order valence-corrected chi connectivity index (χ0v) is 15.2. The number of unbranched alkanes of at least 4 members (excludes halogenated alkanes) is 2. The number of hydrogen-bond acceptors (Lipinski definition) is 6. The van der Waals surface area contributed by atoms with Crippen LogP contribution in [-0.4, -0.2) is 29.2 Å². The van der Waals surface area contributed by atoms with Crippen molar-refractivity contribution in [2.75, 3.05) is 18.7 Å². The van der Waals surface area contributed by atoms with Crippen LogP contribution in [0.15, 0.2) is 24.3 Å². The molecule has 26 heavy (non-hydrogen) atoms. The van der Waals surface area contributed by atoms with Crippen molar-refractivity contribution in [3.05, 3.63) is 41.2 Å². The van der Waals surface area contributed by atoms with Crippen molar-refractivity contribution in [1.29, 1.82) is 0 Å². The summed E-state index contributed by atoms with van der Waals surface area (Å²) in [5.41, 5.74) is 2.05. The van der Waals surface area contributed by atoms with E-state index in [0.717, 1.165) is 42.8 Å². The lowest BCUT2D eigenvalue weighted by atomic mass is 10.2. The number of benzene rings is 1. The topological polar surface area (TPSA) is 85.4 Å². The van der Waals surface area contributed by atoms with Gasteiger partial charge in [-0.2, -0.15) is 0 Å². The normalized spacial score (nSPS) is 12.1. The van der Waals surface area contributed by atoms with Gasteiger partial charge in [0.05, 0.1) is 0 Å². The van der Waals surface area contributed by atoms with E-state index in [9.17, 15) is 4.79 Å². The number of rotatable bonds is 8. The van der Waals surface area contributed by atoms with Crippen LogP contribution in [0.4, 0.5) is 5.95 Å². The summed E-state index contributed by atoms with van der Waals surface area (Å²) in [4.78, 5) is 21.1. The maximum atomic E-state index is 12.4. The molecule has 1 amide bonds. The molecule has 0 radical (unpaired) electrons. The molecule has 1 aromatic carbocycles.